The molecule has 0 amide bonds. The molecule has 1 saturated heterocycles. The largest absolute Gasteiger partial charge is 0.600 e. The van der Waals surface area contributed by atoms with Gasteiger partial charge in [-0.25, -0.2) is 4.39 Å². The molecule has 160 valence electrons. The number of nitrogens with two attached hydrogens (primary N) is 1. The summed E-state index contributed by atoms with van der Waals surface area (Å²) in [6, 6.07) is 13.7. The first-order valence-corrected chi connectivity index (χ1v) is 13.0. The molecule has 2 N–H and O–H groups in total. The van der Waals surface area contributed by atoms with Crippen molar-refractivity contribution in [2.75, 3.05) is 13.1 Å². The number of hydrogen-bond donors (Lipinski definition) is 1. The Kier molecular flexibility index (Phi) is 7.16. The number of benzene rings is 2. The van der Waals surface area contributed by atoms with Gasteiger partial charge in [0.15, 0.2) is 10.7 Å². The fourth-order valence-electron chi connectivity index (χ4n) is 3.96. The van der Waals surface area contributed by atoms with Gasteiger partial charge in [-0.3, -0.25) is 9.69 Å². The number of rotatable bonds is 8. The van der Waals surface area contributed by atoms with E-state index in [-0.39, 0.29) is 22.8 Å². The van der Waals surface area contributed by atoms with Crippen molar-refractivity contribution in [3.63, 3.8) is 0 Å². The van der Waals surface area contributed by atoms with E-state index in [1.807, 2.05) is 24.3 Å². The molecule has 2 aliphatic rings. The first-order chi connectivity index (χ1) is 14.6. The molecule has 2 fully saturated rings. The zero-order valence-electron chi connectivity index (χ0n) is 16.8. The minimum absolute atomic E-state index is 0.0747. The highest BCUT2D eigenvalue weighted by atomic mass is 33.1. The van der Waals surface area contributed by atoms with Gasteiger partial charge in [-0.15, -0.1) is 0 Å². The lowest BCUT2D eigenvalue weighted by Crippen LogP contribution is -2.42. The molecule has 1 aliphatic heterocycles. The maximum absolute atomic E-state index is 14.5. The SMILES string of the molecule is NCc1ccc([S+]([O-])SC2CCN(C(C(=O)C3CC3)c3ccccc3F)CC2)cc1. The zero-order valence-corrected chi connectivity index (χ0v) is 18.5. The summed E-state index contributed by atoms with van der Waals surface area (Å²) in [4.78, 5) is 15.9. The molecule has 2 unspecified atom stereocenters. The Labute approximate surface area is 184 Å². The molecule has 4 rings (SSSR count). The maximum Gasteiger partial charge on any atom is 0.165 e. The molecule has 0 bridgehead atoms. The average molecular weight is 447 g/mol. The van der Waals surface area contributed by atoms with Gasteiger partial charge >= 0.3 is 0 Å². The van der Waals surface area contributed by atoms with Crippen molar-refractivity contribution in [3.05, 3.63) is 65.5 Å². The highest BCUT2D eigenvalue weighted by Gasteiger charge is 2.41. The van der Waals surface area contributed by atoms with Crippen LogP contribution in [0.5, 0.6) is 0 Å². The van der Waals surface area contributed by atoms with E-state index in [2.05, 4.69) is 4.90 Å². The molecular weight excluding hydrogens is 419 g/mol. The van der Waals surface area contributed by atoms with Crippen molar-refractivity contribution >= 4 is 26.8 Å². The van der Waals surface area contributed by atoms with Crippen molar-refractivity contribution in [2.24, 2.45) is 11.7 Å². The molecule has 2 aromatic rings. The third kappa shape index (κ3) is 5.08. The predicted octanol–water partition coefficient (Wildman–Crippen LogP) is 4.23. The van der Waals surface area contributed by atoms with Crippen LogP contribution < -0.4 is 5.73 Å². The van der Waals surface area contributed by atoms with E-state index in [4.69, 9.17) is 5.73 Å². The van der Waals surface area contributed by atoms with Crippen LogP contribution in [0.2, 0.25) is 0 Å². The molecule has 0 aromatic heterocycles. The van der Waals surface area contributed by atoms with E-state index >= 15 is 0 Å². The molecule has 0 spiro atoms. The molecule has 0 radical (unpaired) electrons. The summed E-state index contributed by atoms with van der Waals surface area (Å²) < 4.78 is 27.2. The number of piperidine rings is 1. The highest BCUT2D eigenvalue weighted by molar-refractivity contribution is 8.72. The number of carbonyl (C=O) groups is 1. The fourth-order valence-corrected chi connectivity index (χ4v) is 7.07. The van der Waals surface area contributed by atoms with Crippen LogP contribution in [-0.2, 0) is 21.5 Å². The molecule has 2 aromatic carbocycles. The summed E-state index contributed by atoms with van der Waals surface area (Å²) in [5.41, 5.74) is 7.14. The van der Waals surface area contributed by atoms with Crippen molar-refractivity contribution in [2.45, 2.75) is 48.4 Å². The first kappa shape index (κ1) is 21.8. The molecule has 1 aliphatic carbocycles. The highest BCUT2D eigenvalue weighted by Crippen LogP contribution is 2.40. The van der Waals surface area contributed by atoms with E-state index in [1.54, 1.807) is 18.2 Å². The molecule has 1 saturated carbocycles. The number of Topliss-reactive ketones (excluding diaryl/α,β-unsaturated/α-hetero) is 1. The van der Waals surface area contributed by atoms with Gasteiger partial charge in [-0.1, -0.05) is 30.3 Å². The van der Waals surface area contributed by atoms with Crippen LogP contribution >= 0.6 is 10.8 Å². The van der Waals surface area contributed by atoms with Crippen LogP contribution in [0.25, 0.3) is 0 Å². The molecule has 7 heteroatoms. The van der Waals surface area contributed by atoms with Crippen LogP contribution in [0.15, 0.2) is 53.4 Å². The van der Waals surface area contributed by atoms with Gasteiger partial charge in [0.2, 0.25) is 0 Å². The van der Waals surface area contributed by atoms with Crippen molar-refractivity contribution < 1.29 is 13.7 Å². The second kappa shape index (κ2) is 9.83. The Morgan fingerprint density at radius 3 is 2.40 bits per heavy atom. The minimum atomic E-state index is -1.13. The summed E-state index contributed by atoms with van der Waals surface area (Å²) in [6.07, 6.45) is 3.50. The van der Waals surface area contributed by atoms with Gasteiger partial charge in [0, 0.05) is 31.1 Å². The van der Waals surface area contributed by atoms with Crippen LogP contribution in [0.4, 0.5) is 4.39 Å². The lowest BCUT2D eigenvalue weighted by Gasteiger charge is -2.36. The molecule has 1 heterocycles. The lowest BCUT2D eigenvalue weighted by molar-refractivity contribution is -0.126. The van der Waals surface area contributed by atoms with Crippen LogP contribution in [0.3, 0.4) is 0 Å². The number of carbonyl (C=O) groups excluding carboxylic acids is 1. The number of likely N-dealkylation sites (tertiary alicyclic amines) is 1. The van der Waals surface area contributed by atoms with Gasteiger partial charge in [0.1, 0.15) is 5.82 Å². The Balaban J connectivity index is 1.39. The second-order valence-corrected chi connectivity index (χ2v) is 11.3. The Hall–Kier alpha value is -1.38. The summed E-state index contributed by atoms with van der Waals surface area (Å²) in [6.45, 7) is 1.89. The Bertz CT molecular complexity index is 868. The molecule has 2 atom stereocenters. The number of nitrogens with zero attached hydrogens (tertiary/aromatic N) is 1. The van der Waals surface area contributed by atoms with Gasteiger partial charge < -0.3 is 10.3 Å². The number of hydrogen-bond acceptors (Lipinski definition) is 5. The molecule has 4 nitrogen and oxygen atoms in total. The van der Waals surface area contributed by atoms with Gasteiger partial charge in [-0.2, -0.15) is 0 Å². The van der Waals surface area contributed by atoms with E-state index < -0.39 is 16.2 Å². The predicted molar refractivity (Wildman–Crippen MR) is 120 cm³/mol. The quantitative estimate of drug-likeness (QED) is 0.486. The summed E-state index contributed by atoms with van der Waals surface area (Å²) in [7, 11) is 0.354. The van der Waals surface area contributed by atoms with Gasteiger partial charge in [0.05, 0.1) is 32.3 Å². The summed E-state index contributed by atoms with van der Waals surface area (Å²) in [5, 5.41) is 0.258. The zero-order chi connectivity index (χ0) is 21.1. The van der Waals surface area contributed by atoms with Crippen LogP contribution in [-0.4, -0.2) is 33.6 Å². The van der Waals surface area contributed by atoms with Crippen LogP contribution in [0.1, 0.15) is 42.9 Å². The van der Waals surface area contributed by atoms with Crippen molar-refractivity contribution in [1.82, 2.24) is 4.90 Å². The van der Waals surface area contributed by atoms with E-state index in [0.29, 0.717) is 25.2 Å². The molecular formula is C23H27FN2O2S2. The number of halogens is 1. The minimum Gasteiger partial charge on any atom is -0.600 e. The second-order valence-electron chi connectivity index (χ2n) is 8.02. The third-order valence-corrected chi connectivity index (χ3v) is 9.36. The van der Waals surface area contributed by atoms with E-state index in [9.17, 15) is 13.7 Å². The van der Waals surface area contributed by atoms with Gasteiger partial charge in [0.25, 0.3) is 0 Å². The standard InChI is InChI=1S/C23H27FN2O2S2/c24-21-4-2-1-3-20(21)22(23(27)17-7-8-17)26-13-11-18(12-14-26)29-30(28)19-9-5-16(15-25)6-10-19/h1-6,9-10,17-18,22H,7-8,11-15,25H2. The summed E-state index contributed by atoms with van der Waals surface area (Å²) >= 11 is 0. The third-order valence-electron chi connectivity index (χ3n) is 5.87. The average Bonchev–Trinajstić information content (AvgIpc) is 3.62. The summed E-state index contributed by atoms with van der Waals surface area (Å²) in [5.74, 6) is -0.0875. The van der Waals surface area contributed by atoms with Crippen molar-refractivity contribution in [3.8, 4) is 0 Å². The monoisotopic (exact) mass is 446 g/mol. The number of ketones is 1. The topological polar surface area (TPSA) is 69.4 Å². The van der Waals surface area contributed by atoms with E-state index in [0.717, 1.165) is 36.1 Å². The van der Waals surface area contributed by atoms with Crippen molar-refractivity contribution in [1.29, 1.82) is 0 Å². The molecule has 30 heavy (non-hydrogen) atoms. The fraction of sp³-hybridized carbons (Fsp3) is 0.435. The van der Waals surface area contributed by atoms with E-state index in [1.165, 1.54) is 16.9 Å². The van der Waals surface area contributed by atoms with Gasteiger partial charge in [-0.05, 0) is 49.4 Å². The Morgan fingerprint density at radius 2 is 1.80 bits per heavy atom. The lowest BCUT2D eigenvalue weighted by atomic mass is 9.95. The first-order valence-electron chi connectivity index (χ1n) is 10.5. The normalized spacial score (nSPS) is 20.1. The van der Waals surface area contributed by atoms with Crippen LogP contribution in [0, 0.1) is 11.7 Å². The smallest absolute Gasteiger partial charge is 0.165 e. The maximum atomic E-state index is 14.5. The Morgan fingerprint density at radius 1 is 1.13 bits per heavy atom.